The van der Waals surface area contributed by atoms with Crippen molar-refractivity contribution in [3.05, 3.63) is 75.3 Å². The molecule has 0 aliphatic carbocycles. The number of ether oxygens (including phenoxy) is 1. The lowest BCUT2D eigenvalue weighted by Crippen LogP contribution is -2.50. The number of thiophene rings is 1. The van der Waals surface area contributed by atoms with E-state index in [0.717, 1.165) is 26.9 Å². The average molecular weight is 481 g/mol. The molecule has 0 fully saturated rings. The van der Waals surface area contributed by atoms with Gasteiger partial charge < -0.3 is 10.1 Å². The molecule has 4 aromatic rings. The third-order valence-corrected chi connectivity index (χ3v) is 7.05. The highest BCUT2D eigenvalue weighted by atomic mass is 32.1. The predicted molar refractivity (Wildman–Crippen MR) is 132 cm³/mol. The second-order valence-electron chi connectivity index (χ2n) is 7.88. The van der Waals surface area contributed by atoms with Gasteiger partial charge in [0.15, 0.2) is 0 Å². The second kappa shape index (κ2) is 9.68. The van der Waals surface area contributed by atoms with Gasteiger partial charge in [-0.2, -0.15) is 5.10 Å². The molecule has 1 N–H and O–H groups in total. The molecular weight excluding hydrogens is 456 g/mol. The van der Waals surface area contributed by atoms with Crippen LogP contribution in [0.2, 0.25) is 0 Å². The van der Waals surface area contributed by atoms with Crippen LogP contribution >= 0.6 is 22.7 Å². The Morgan fingerprint density at radius 3 is 2.61 bits per heavy atom. The summed E-state index contributed by atoms with van der Waals surface area (Å²) >= 11 is 3.09. The van der Waals surface area contributed by atoms with E-state index < -0.39 is 5.54 Å². The van der Waals surface area contributed by atoms with E-state index in [4.69, 9.17) is 4.74 Å². The van der Waals surface area contributed by atoms with Crippen LogP contribution in [0, 0.1) is 0 Å². The molecule has 0 aliphatic rings. The van der Waals surface area contributed by atoms with Gasteiger partial charge in [-0.15, -0.1) is 22.7 Å². The minimum Gasteiger partial charge on any atom is -0.497 e. The fraction of sp³-hybridized carbons (Fsp3) is 0.250. The maximum absolute atomic E-state index is 13.0. The molecule has 3 aromatic heterocycles. The van der Waals surface area contributed by atoms with Crippen LogP contribution in [0.4, 0.5) is 0 Å². The van der Waals surface area contributed by atoms with Crippen molar-refractivity contribution in [3.63, 3.8) is 0 Å². The number of rotatable bonds is 8. The van der Waals surface area contributed by atoms with Gasteiger partial charge in [0.05, 0.1) is 17.7 Å². The molecule has 9 heteroatoms. The molecule has 170 valence electrons. The summed E-state index contributed by atoms with van der Waals surface area (Å²) in [5.41, 5.74) is 1.13. The molecule has 1 amide bonds. The fourth-order valence-corrected chi connectivity index (χ4v) is 4.82. The fourth-order valence-electron chi connectivity index (χ4n) is 3.27. The zero-order valence-corrected chi connectivity index (χ0v) is 20.2. The number of methoxy groups -OCH3 is 1. The molecule has 4 rings (SSSR count). The Balaban J connectivity index is 1.40. The van der Waals surface area contributed by atoms with Crippen molar-refractivity contribution < 1.29 is 9.53 Å². The van der Waals surface area contributed by atoms with E-state index in [1.165, 1.54) is 22.1 Å². The topological polar surface area (TPSA) is 86.1 Å². The summed E-state index contributed by atoms with van der Waals surface area (Å²) in [6, 6.07) is 14.7. The molecule has 0 spiro atoms. The highest BCUT2D eigenvalue weighted by Gasteiger charge is 2.32. The Labute approximate surface area is 199 Å². The maximum atomic E-state index is 13.0. The van der Waals surface area contributed by atoms with Crippen molar-refractivity contribution in [2.45, 2.75) is 25.8 Å². The molecule has 0 aliphatic heterocycles. The van der Waals surface area contributed by atoms with Gasteiger partial charge in [0, 0.05) is 30.0 Å². The first-order valence-electron chi connectivity index (χ1n) is 10.4. The number of carbonyl (C=O) groups is 1. The molecule has 0 saturated heterocycles. The first kappa shape index (κ1) is 22.9. The third kappa shape index (κ3) is 5.04. The molecule has 0 bridgehead atoms. The number of carbonyl (C=O) groups excluding carboxylic acids is 1. The van der Waals surface area contributed by atoms with E-state index in [1.54, 1.807) is 38.4 Å². The molecule has 33 heavy (non-hydrogen) atoms. The minimum atomic E-state index is -1.14. The molecule has 3 heterocycles. The standard InChI is InChI=1S/C24H24N4O3S2/c1-24(2,28-21(29)11-10-19(27-28)20-5-4-14-32-20)23(30)25-13-12-17-15-33-22(26-17)16-6-8-18(31-3)9-7-16/h4-11,14-15H,12-13H2,1-3H3,(H,25,30). The monoisotopic (exact) mass is 480 g/mol. The van der Waals surface area contributed by atoms with E-state index in [-0.39, 0.29) is 11.5 Å². The molecule has 0 atom stereocenters. The van der Waals surface area contributed by atoms with Crippen LogP contribution in [-0.4, -0.2) is 34.3 Å². The van der Waals surface area contributed by atoms with Crippen LogP contribution in [0.1, 0.15) is 19.5 Å². The van der Waals surface area contributed by atoms with Crippen LogP contribution in [0.15, 0.2) is 64.1 Å². The maximum Gasteiger partial charge on any atom is 0.267 e. The van der Waals surface area contributed by atoms with Gasteiger partial charge in [-0.05, 0) is 55.6 Å². The third-order valence-electron chi connectivity index (χ3n) is 5.21. The molecular formula is C24H24N4O3S2. The average Bonchev–Trinajstić information content (AvgIpc) is 3.52. The molecule has 0 saturated carbocycles. The van der Waals surface area contributed by atoms with Crippen molar-refractivity contribution >= 4 is 28.6 Å². The van der Waals surface area contributed by atoms with Crippen LogP contribution in [0.5, 0.6) is 5.75 Å². The number of hydrogen-bond acceptors (Lipinski definition) is 7. The number of amides is 1. The van der Waals surface area contributed by atoms with Gasteiger partial charge in [-0.3, -0.25) is 9.59 Å². The number of nitrogens with one attached hydrogen (secondary N) is 1. The summed E-state index contributed by atoms with van der Waals surface area (Å²) in [6.45, 7) is 3.80. The van der Waals surface area contributed by atoms with Crippen molar-refractivity contribution in [1.82, 2.24) is 20.1 Å². The molecule has 0 radical (unpaired) electrons. The van der Waals surface area contributed by atoms with E-state index in [2.05, 4.69) is 15.4 Å². The number of aromatic nitrogens is 3. The zero-order chi connectivity index (χ0) is 23.4. The number of thiazole rings is 1. The van der Waals surface area contributed by atoms with Gasteiger partial charge in [-0.25, -0.2) is 9.67 Å². The van der Waals surface area contributed by atoms with Crippen LogP contribution < -0.4 is 15.6 Å². The summed E-state index contributed by atoms with van der Waals surface area (Å²) in [6.07, 6.45) is 0.589. The number of nitrogens with zero attached hydrogens (tertiary/aromatic N) is 3. The summed E-state index contributed by atoms with van der Waals surface area (Å²) in [7, 11) is 1.64. The summed E-state index contributed by atoms with van der Waals surface area (Å²) < 4.78 is 6.45. The van der Waals surface area contributed by atoms with Gasteiger partial charge in [0.2, 0.25) is 5.91 Å². The molecule has 1 aromatic carbocycles. The van der Waals surface area contributed by atoms with Crippen LogP contribution in [0.3, 0.4) is 0 Å². The SMILES string of the molecule is COc1ccc(-c2nc(CCNC(=O)C(C)(C)n3nc(-c4cccs4)ccc3=O)cs2)cc1. The van der Waals surface area contributed by atoms with Crippen molar-refractivity contribution in [1.29, 1.82) is 0 Å². The predicted octanol–water partition coefficient (Wildman–Crippen LogP) is 4.20. The largest absolute Gasteiger partial charge is 0.497 e. The first-order valence-corrected chi connectivity index (χ1v) is 12.2. The lowest BCUT2D eigenvalue weighted by Gasteiger charge is -2.25. The van der Waals surface area contributed by atoms with E-state index in [9.17, 15) is 9.59 Å². The summed E-state index contributed by atoms with van der Waals surface area (Å²) in [5.74, 6) is 0.529. The first-order chi connectivity index (χ1) is 15.9. The second-order valence-corrected chi connectivity index (χ2v) is 9.69. The van der Waals surface area contributed by atoms with Gasteiger partial charge in [-0.1, -0.05) is 6.07 Å². The van der Waals surface area contributed by atoms with Crippen LogP contribution in [-0.2, 0) is 16.8 Å². The van der Waals surface area contributed by atoms with Crippen molar-refractivity contribution in [2.75, 3.05) is 13.7 Å². The summed E-state index contributed by atoms with van der Waals surface area (Å²) in [5, 5.41) is 12.2. The molecule has 7 nitrogen and oxygen atoms in total. The number of hydrogen-bond donors (Lipinski definition) is 1. The van der Waals surface area contributed by atoms with E-state index in [0.29, 0.717) is 18.7 Å². The minimum absolute atomic E-state index is 0.272. The summed E-state index contributed by atoms with van der Waals surface area (Å²) in [4.78, 5) is 31.0. The Bertz CT molecular complexity index is 1290. The van der Waals surface area contributed by atoms with Gasteiger partial charge in [0.1, 0.15) is 22.0 Å². The lowest BCUT2D eigenvalue weighted by atomic mass is 10.0. The van der Waals surface area contributed by atoms with E-state index >= 15 is 0 Å². The quantitative estimate of drug-likeness (QED) is 0.409. The zero-order valence-electron chi connectivity index (χ0n) is 18.6. The van der Waals surface area contributed by atoms with E-state index in [1.807, 2.05) is 47.2 Å². The Hall–Kier alpha value is -3.30. The lowest BCUT2D eigenvalue weighted by molar-refractivity contribution is -0.128. The van der Waals surface area contributed by atoms with Crippen molar-refractivity contribution in [2.24, 2.45) is 0 Å². The Morgan fingerprint density at radius 2 is 1.91 bits per heavy atom. The molecule has 0 unspecified atom stereocenters. The highest BCUT2D eigenvalue weighted by molar-refractivity contribution is 7.13. The Kier molecular flexibility index (Phi) is 6.71. The Morgan fingerprint density at radius 1 is 1.12 bits per heavy atom. The normalized spacial score (nSPS) is 11.4. The highest BCUT2D eigenvalue weighted by Crippen LogP contribution is 2.26. The van der Waals surface area contributed by atoms with Crippen LogP contribution in [0.25, 0.3) is 21.1 Å². The van der Waals surface area contributed by atoms with Gasteiger partial charge in [0.25, 0.3) is 5.56 Å². The van der Waals surface area contributed by atoms with Crippen molar-refractivity contribution in [3.8, 4) is 26.9 Å². The smallest absolute Gasteiger partial charge is 0.267 e. The van der Waals surface area contributed by atoms with Gasteiger partial charge >= 0.3 is 0 Å². The number of benzene rings is 1.